The first-order valence-corrected chi connectivity index (χ1v) is 8.93. The third kappa shape index (κ3) is 5.59. The van der Waals surface area contributed by atoms with Gasteiger partial charge in [-0.1, -0.05) is 23.2 Å². The minimum absolute atomic E-state index is 0.0583. The Balaban J connectivity index is 2.24. The highest BCUT2D eigenvalue weighted by molar-refractivity contribution is 6.31. The lowest BCUT2D eigenvalue weighted by atomic mass is 10.0. The van der Waals surface area contributed by atoms with E-state index in [4.69, 9.17) is 23.2 Å². The molecule has 1 aromatic heterocycles. The van der Waals surface area contributed by atoms with E-state index in [0.717, 1.165) is 0 Å². The summed E-state index contributed by atoms with van der Waals surface area (Å²) in [6, 6.07) is 6.78. The minimum atomic E-state index is -4.61. The fraction of sp³-hybridized carbons (Fsp3) is 0.278. The summed E-state index contributed by atoms with van der Waals surface area (Å²) in [7, 11) is 0. The molecule has 2 amide bonds. The van der Waals surface area contributed by atoms with E-state index in [2.05, 4.69) is 15.6 Å². The maximum atomic E-state index is 12.8. The molecule has 2 rings (SSSR count). The Hall–Kier alpha value is -2.32. The molecular formula is C18H16Cl2F3N3O2. The second kappa shape index (κ2) is 9.25. The maximum Gasteiger partial charge on any atom is 0.417 e. The first-order chi connectivity index (χ1) is 13.1. The highest BCUT2D eigenvalue weighted by Crippen LogP contribution is 2.32. The number of rotatable bonds is 6. The molecule has 1 heterocycles. The molecule has 2 N–H and O–H groups in total. The van der Waals surface area contributed by atoms with Crippen molar-refractivity contribution in [2.24, 2.45) is 0 Å². The van der Waals surface area contributed by atoms with Crippen molar-refractivity contribution >= 4 is 35.0 Å². The molecule has 0 bridgehead atoms. The summed E-state index contributed by atoms with van der Waals surface area (Å²) in [6.07, 6.45) is -4.01. The topological polar surface area (TPSA) is 71.1 Å². The summed E-state index contributed by atoms with van der Waals surface area (Å²) < 4.78 is 38.4. The van der Waals surface area contributed by atoms with Crippen LogP contribution in [0.2, 0.25) is 10.0 Å². The molecule has 0 aliphatic carbocycles. The number of alkyl halides is 3. The number of likely N-dealkylation sites (N-methyl/N-ethyl adjacent to an activating group) is 1. The van der Waals surface area contributed by atoms with E-state index in [1.807, 2.05) is 0 Å². The van der Waals surface area contributed by atoms with Crippen molar-refractivity contribution in [3.63, 3.8) is 0 Å². The molecule has 1 unspecified atom stereocenters. The first kappa shape index (κ1) is 22.0. The van der Waals surface area contributed by atoms with Gasteiger partial charge < -0.3 is 10.6 Å². The molecule has 0 aliphatic heterocycles. The quantitative estimate of drug-likeness (QED) is 0.721. The summed E-state index contributed by atoms with van der Waals surface area (Å²) >= 11 is 11.7. The van der Waals surface area contributed by atoms with E-state index < -0.39 is 29.5 Å². The Kier molecular flexibility index (Phi) is 7.26. The van der Waals surface area contributed by atoms with Crippen LogP contribution in [-0.2, 0) is 11.0 Å². The number of carbonyl (C=O) groups excluding carboxylic acids is 2. The van der Waals surface area contributed by atoms with Crippen LogP contribution < -0.4 is 10.6 Å². The highest BCUT2D eigenvalue weighted by atomic mass is 35.5. The van der Waals surface area contributed by atoms with Gasteiger partial charge in [0.1, 0.15) is 0 Å². The van der Waals surface area contributed by atoms with E-state index in [9.17, 15) is 22.8 Å². The molecule has 150 valence electrons. The zero-order valence-corrected chi connectivity index (χ0v) is 16.1. The van der Waals surface area contributed by atoms with Crippen LogP contribution in [0.25, 0.3) is 0 Å². The third-order valence-corrected chi connectivity index (χ3v) is 4.32. The lowest BCUT2D eigenvalue weighted by molar-refractivity contribution is -0.137. The minimum Gasteiger partial charge on any atom is -0.356 e. The van der Waals surface area contributed by atoms with Crippen LogP contribution in [0.15, 0.2) is 36.5 Å². The molecule has 0 aliphatic rings. The largest absolute Gasteiger partial charge is 0.417 e. The molecule has 1 atom stereocenters. The average molecular weight is 434 g/mol. The monoisotopic (exact) mass is 433 g/mol. The number of amides is 2. The predicted molar refractivity (Wildman–Crippen MR) is 99.5 cm³/mol. The maximum absolute atomic E-state index is 12.8. The van der Waals surface area contributed by atoms with Gasteiger partial charge in [0, 0.05) is 29.9 Å². The van der Waals surface area contributed by atoms with Gasteiger partial charge in [0.2, 0.25) is 5.91 Å². The van der Waals surface area contributed by atoms with Crippen LogP contribution >= 0.6 is 23.2 Å². The Morgan fingerprint density at radius 3 is 2.32 bits per heavy atom. The Morgan fingerprint density at radius 1 is 1.14 bits per heavy atom. The molecule has 0 radical (unpaired) electrons. The van der Waals surface area contributed by atoms with Gasteiger partial charge in [-0.2, -0.15) is 13.2 Å². The van der Waals surface area contributed by atoms with Crippen LogP contribution in [0.3, 0.4) is 0 Å². The molecule has 1 aromatic carbocycles. The summed E-state index contributed by atoms with van der Waals surface area (Å²) in [5, 5.41) is 5.27. The molecule has 0 fully saturated rings. The van der Waals surface area contributed by atoms with Crippen LogP contribution in [0.5, 0.6) is 0 Å². The van der Waals surface area contributed by atoms with Crippen molar-refractivity contribution in [1.29, 1.82) is 0 Å². The highest BCUT2D eigenvalue weighted by Gasteiger charge is 2.33. The fourth-order valence-electron chi connectivity index (χ4n) is 2.37. The van der Waals surface area contributed by atoms with Gasteiger partial charge in [0.15, 0.2) is 0 Å². The number of nitrogens with one attached hydrogen (secondary N) is 2. The van der Waals surface area contributed by atoms with Gasteiger partial charge in [-0.3, -0.25) is 14.6 Å². The molecule has 5 nitrogen and oxygen atoms in total. The average Bonchev–Trinajstić information content (AvgIpc) is 2.62. The molecule has 2 aromatic rings. The number of pyridine rings is 1. The molecular weight excluding hydrogens is 418 g/mol. The molecule has 10 heteroatoms. The van der Waals surface area contributed by atoms with E-state index in [0.29, 0.717) is 29.4 Å². The standard InChI is InChI=1S/C18H16Cl2F3N3O2/c1-2-24-17(28)13(9-26-16(27)10-3-5-12(19)6-4-10)15-14(20)7-11(8-25-15)18(21,22)23/h3-8,13H,2,9H2,1H3,(H,24,28)(H,26,27). The van der Waals surface area contributed by atoms with Crippen molar-refractivity contribution in [1.82, 2.24) is 15.6 Å². The van der Waals surface area contributed by atoms with Crippen LogP contribution in [0.4, 0.5) is 13.2 Å². The van der Waals surface area contributed by atoms with E-state index in [1.165, 1.54) is 24.3 Å². The van der Waals surface area contributed by atoms with Crippen molar-refractivity contribution in [3.8, 4) is 0 Å². The number of aromatic nitrogens is 1. The zero-order valence-electron chi connectivity index (χ0n) is 14.6. The first-order valence-electron chi connectivity index (χ1n) is 8.17. The SMILES string of the molecule is CCNC(=O)C(CNC(=O)c1ccc(Cl)cc1)c1ncc(C(F)(F)F)cc1Cl. The van der Waals surface area contributed by atoms with E-state index >= 15 is 0 Å². The normalized spacial score (nSPS) is 12.4. The van der Waals surface area contributed by atoms with Crippen molar-refractivity contribution in [2.45, 2.75) is 19.0 Å². The summed E-state index contributed by atoms with van der Waals surface area (Å²) in [5.41, 5.74) is -0.774. The second-order valence-electron chi connectivity index (χ2n) is 5.75. The number of benzene rings is 1. The molecule has 0 spiro atoms. The Labute approximate surface area is 169 Å². The zero-order chi connectivity index (χ0) is 20.9. The predicted octanol–water partition coefficient (Wildman–Crippen LogP) is 4.06. The summed E-state index contributed by atoms with van der Waals surface area (Å²) in [5.74, 6) is -2.06. The van der Waals surface area contributed by atoms with E-state index in [1.54, 1.807) is 6.92 Å². The number of carbonyl (C=O) groups is 2. The Morgan fingerprint density at radius 2 is 1.79 bits per heavy atom. The summed E-state index contributed by atoms with van der Waals surface area (Å²) in [6.45, 7) is 1.77. The Bertz CT molecular complexity index is 858. The number of hydrogen-bond donors (Lipinski definition) is 2. The van der Waals surface area contributed by atoms with Crippen LogP contribution in [0, 0.1) is 0 Å². The molecule has 0 saturated carbocycles. The van der Waals surface area contributed by atoms with Crippen molar-refractivity contribution < 1.29 is 22.8 Å². The number of hydrogen-bond acceptors (Lipinski definition) is 3. The number of halogens is 5. The van der Waals surface area contributed by atoms with Crippen molar-refractivity contribution in [3.05, 3.63) is 63.4 Å². The van der Waals surface area contributed by atoms with Gasteiger partial charge in [-0.25, -0.2) is 0 Å². The van der Waals surface area contributed by atoms with Gasteiger partial charge in [0.05, 0.1) is 22.2 Å². The van der Waals surface area contributed by atoms with Gasteiger partial charge >= 0.3 is 6.18 Å². The smallest absolute Gasteiger partial charge is 0.356 e. The van der Waals surface area contributed by atoms with Crippen LogP contribution in [-0.4, -0.2) is 29.9 Å². The lowest BCUT2D eigenvalue weighted by Crippen LogP contribution is -2.38. The fourth-order valence-corrected chi connectivity index (χ4v) is 2.79. The summed E-state index contributed by atoms with van der Waals surface area (Å²) in [4.78, 5) is 28.4. The van der Waals surface area contributed by atoms with E-state index in [-0.39, 0.29) is 17.3 Å². The number of nitrogens with zero attached hydrogens (tertiary/aromatic N) is 1. The second-order valence-corrected chi connectivity index (χ2v) is 6.60. The van der Waals surface area contributed by atoms with Crippen molar-refractivity contribution in [2.75, 3.05) is 13.1 Å². The van der Waals surface area contributed by atoms with Crippen LogP contribution in [0.1, 0.15) is 34.5 Å². The molecule has 0 saturated heterocycles. The van der Waals surface area contributed by atoms with Gasteiger partial charge in [-0.15, -0.1) is 0 Å². The molecule has 28 heavy (non-hydrogen) atoms. The van der Waals surface area contributed by atoms with Gasteiger partial charge in [0.25, 0.3) is 5.91 Å². The lowest BCUT2D eigenvalue weighted by Gasteiger charge is -2.18. The third-order valence-electron chi connectivity index (χ3n) is 3.77. The van der Waals surface area contributed by atoms with Gasteiger partial charge in [-0.05, 0) is 37.3 Å².